The largest absolute Gasteiger partial charge is 0.444 e. The molecule has 0 bridgehead atoms. The van der Waals surface area contributed by atoms with Gasteiger partial charge in [-0.15, -0.1) is 0 Å². The van der Waals surface area contributed by atoms with Crippen LogP contribution in [0.2, 0.25) is 0 Å². The molecule has 0 spiro atoms. The molecule has 110 valence electrons. The minimum absolute atomic E-state index is 0.0279. The Morgan fingerprint density at radius 1 is 1.47 bits per heavy atom. The van der Waals surface area contributed by atoms with Crippen LogP contribution in [0.5, 0.6) is 0 Å². The molecule has 19 heavy (non-hydrogen) atoms. The van der Waals surface area contributed by atoms with E-state index in [-0.39, 0.29) is 12.1 Å². The van der Waals surface area contributed by atoms with E-state index in [1.807, 2.05) is 41.5 Å². The zero-order chi connectivity index (χ0) is 14.8. The van der Waals surface area contributed by atoms with Crippen LogP contribution < -0.4 is 0 Å². The number of amides is 1. The smallest absolute Gasteiger partial charge is 0.413 e. The Morgan fingerprint density at radius 2 is 2.05 bits per heavy atom. The summed E-state index contributed by atoms with van der Waals surface area (Å²) in [6.07, 6.45) is 2.65. The van der Waals surface area contributed by atoms with Crippen molar-refractivity contribution in [2.45, 2.75) is 72.3 Å². The van der Waals surface area contributed by atoms with Gasteiger partial charge in [0.15, 0.2) is 0 Å². The summed E-state index contributed by atoms with van der Waals surface area (Å²) in [5, 5.41) is 0. The summed E-state index contributed by atoms with van der Waals surface area (Å²) in [5.74, 6) is 0. The minimum Gasteiger partial charge on any atom is -0.444 e. The second kappa shape index (κ2) is 5.53. The Balaban J connectivity index is 3.00. The molecule has 1 fully saturated rings. The van der Waals surface area contributed by atoms with Gasteiger partial charge in [0.25, 0.3) is 0 Å². The summed E-state index contributed by atoms with van der Waals surface area (Å²) in [6, 6.07) is -0.0279. The quantitative estimate of drug-likeness (QED) is 0.717. The second-order valence-electron chi connectivity index (χ2n) is 6.34. The van der Waals surface area contributed by atoms with Crippen molar-refractivity contribution in [2.75, 3.05) is 6.61 Å². The molecule has 1 aliphatic rings. The van der Waals surface area contributed by atoms with Gasteiger partial charge in [0, 0.05) is 0 Å². The minimum atomic E-state index is -0.629. The van der Waals surface area contributed by atoms with Crippen molar-refractivity contribution in [1.82, 2.24) is 4.90 Å². The fourth-order valence-corrected chi connectivity index (χ4v) is 2.37. The van der Waals surface area contributed by atoms with Crippen LogP contribution in [0.15, 0.2) is 11.6 Å². The first kappa shape index (κ1) is 16.0. The summed E-state index contributed by atoms with van der Waals surface area (Å²) in [6.45, 7) is 14.0. The molecule has 1 amide bonds. The summed E-state index contributed by atoms with van der Waals surface area (Å²) in [7, 11) is 0. The molecular weight excluding hydrogens is 242 g/mol. The molecule has 0 aliphatic carbocycles. The van der Waals surface area contributed by atoms with Crippen molar-refractivity contribution in [2.24, 2.45) is 0 Å². The van der Waals surface area contributed by atoms with E-state index in [4.69, 9.17) is 9.47 Å². The van der Waals surface area contributed by atoms with Crippen molar-refractivity contribution < 1.29 is 14.3 Å². The lowest BCUT2D eigenvalue weighted by Crippen LogP contribution is -2.50. The average molecular weight is 269 g/mol. The monoisotopic (exact) mass is 269 g/mol. The highest BCUT2D eigenvalue weighted by Crippen LogP contribution is 2.33. The molecule has 1 atom stereocenters. The fourth-order valence-electron chi connectivity index (χ4n) is 2.37. The number of rotatable bonds is 2. The zero-order valence-electron chi connectivity index (χ0n) is 13.2. The summed E-state index contributed by atoms with van der Waals surface area (Å²) >= 11 is 0. The third-order valence-corrected chi connectivity index (χ3v) is 3.28. The van der Waals surface area contributed by atoms with Crippen LogP contribution in [0.1, 0.15) is 54.9 Å². The maximum Gasteiger partial charge on any atom is 0.413 e. The molecule has 1 aliphatic heterocycles. The molecule has 0 saturated carbocycles. The normalized spacial score (nSPS) is 23.6. The summed E-state index contributed by atoms with van der Waals surface area (Å²) < 4.78 is 11.3. The molecule has 4 heteroatoms. The molecule has 0 aromatic heterocycles. The van der Waals surface area contributed by atoms with Crippen LogP contribution in [0, 0.1) is 0 Å². The predicted molar refractivity (Wildman–Crippen MR) is 75.9 cm³/mol. The first-order chi connectivity index (χ1) is 8.62. The van der Waals surface area contributed by atoms with Gasteiger partial charge in [-0.2, -0.15) is 0 Å². The van der Waals surface area contributed by atoms with Gasteiger partial charge in [0.05, 0.1) is 12.6 Å². The lowest BCUT2D eigenvalue weighted by atomic mass is 10.0. The van der Waals surface area contributed by atoms with Gasteiger partial charge in [-0.05, 0) is 53.5 Å². The number of nitrogens with zero attached hydrogens (tertiary/aromatic N) is 1. The van der Waals surface area contributed by atoms with Crippen LogP contribution in [0.25, 0.3) is 0 Å². The third kappa shape index (κ3) is 3.72. The van der Waals surface area contributed by atoms with E-state index in [2.05, 4.69) is 13.0 Å². The Kier molecular flexibility index (Phi) is 4.67. The van der Waals surface area contributed by atoms with Crippen LogP contribution in [-0.2, 0) is 9.47 Å². The molecule has 0 aromatic rings. The van der Waals surface area contributed by atoms with Crippen molar-refractivity contribution in [3.8, 4) is 0 Å². The van der Waals surface area contributed by atoms with Crippen molar-refractivity contribution in [1.29, 1.82) is 0 Å². The van der Waals surface area contributed by atoms with E-state index in [0.717, 1.165) is 6.42 Å². The Labute approximate surface area is 116 Å². The number of allylic oxidation sites excluding steroid dienone is 1. The second-order valence-corrected chi connectivity index (χ2v) is 6.34. The van der Waals surface area contributed by atoms with E-state index >= 15 is 0 Å². The highest BCUT2D eigenvalue weighted by Gasteiger charge is 2.46. The third-order valence-electron chi connectivity index (χ3n) is 3.28. The maximum atomic E-state index is 12.4. The molecule has 0 unspecified atom stereocenters. The molecule has 0 aromatic carbocycles. The van der Waals surface area contributed by atoms with E-state index in [1.165, 1.54) is 5.57 Å². The van der Waals surface area contributed by atoms with Crippen molar-refractivity contribution in [3.05, 3.63) is 11.6 Å². The highest BCUT2D eigenvalue weighted by molar-refractivity contribution is 5.70. The van der Waals surface area contributed by atoms with Gasteiger partial charge in [0.1, 0.15) is 11.3 Å². The van der Waals surface area contributed by atoms with Crippen molar-refractivity contribution in [3.63, 3.8) is 0 Å². The van der Waals surface area contributed by atoms with Gasteiger partial charge in [-0.3, -0.25) is 4.90 Å². The van der Waals surface area contributed by atoms with Crippen LogP contribution in [0.3, 0.4) is 0 Å². The molecule has 1 heterocycles. The fraction of sp³-hybridized carbons (Fsp3) is 0.800. The van der Waals surface area contributed by atoms with Crippen LogP contribution >= 0.6 is 0 Å². The Morgan fingerprint density at radius 3 is 2.47 bits per heavy atom. The summed E-state index contributed by atoms with van der Waals surface area (Å²) in [4.78, 5) is 14.1. The summed E-state index contributed by atoms with van der Waals surface area (Å²) in [5.41, 5.74) is 0.0791. The number of ether oxygens (including phenoxy) is 2. The predicted octanol–water partition coefficient (Wildman–Crippen LogP) is 3.71. The maximum absolute atomic E-state index is 12.4. The number of carbonyl (C=O) groups excluding carboxylic acids is 1. The SMILES string of the molecule is C/C=C(\CC)[C@H]1COC(C)(C)N1C(=O)OC(C)(C)C. The van der Waals surface area contributed by atoms with Gasteiger partial charge in [-0.1, -0.05) is 13.0 Å². The number of hydrogen-bond donors (Lipinski definition) is 0. The Hall–Kier alpha value is -1.03. The van der Waals surface area contributed by atoms with Gasteiger partial charge < -0.3 is 9.47 Å². The van der Waals surface area contributed by atoms with Crippen LogP contribution in [-0.4, -0.2) is 35.0 Å². The van der Waals surface area contributed by atoms with Crippen molar-refractivity contribution >= 4 is 6.09 Å². The van der Waals surface area contributed by atoms with Crippen LogP contribution in [0.4, 0.5) is 4.79 Å². The first-order valence-corrected chi connectivity index (χ1v) is 6.93. The van der Waals surface area contributed by atoms with Gasteiger partial charge in [0.2, 0.25) is 0 Å². The standard InChI is InChI=1S/C15H27NO3/c1-8-11(9-2)12-10-18-15(6,7)16(12)13(17)19-14(3,4)5/h8,12H,9-10H2,1-7H3/b11-8+/t12-/m1/s1. The first-order valence-electron chi connectivity index (χ1n) is 6.93. The number of carbonyl (C=O) groups is 1. The molecular formula is C15H27NO3. The molecule has 4 nitrogen and oxygen atoms in total. The Bertz CT molecular complexity index is 366. The topological polar surface area (TPSA) is 38.8 Å². The van der Waals surface area contributed by atoms with Gasteiger partial charge in [-0.25, -0.2) is 4.79 Å². The lowest BCUT2D eigenvalue weighted by molar-refractivity contribution is -0.0614. The lowest BCUT2D eigenvalue weighted by Gasteiger charge is -2.35. The van der Waals surface area contributed by atoms with E-state index in [1.54, 1.807) is 4.90 Å². The molecule has 0 N–H and O–H groups in total. The van der Waals surface area contributed by atoms with Gasteiger partial charge >= 0.3 is 6.09 Å². The molecule has 0 radical (unpaired) electrons. The number of hydrogen-bond acceptors (Lipinski definition) is 3. The highest BCUT2D eigenvalue weighted by atomic mass is 16.6. The van der Waals surface area contributed by atoms with E-state index < -0.39 is 11.3 Å². The van der Waals surface area contributed by atoms with E-state index in [9.17, 15) is 4.79 Å². The van der Waals surface area contributed by atoms with E-state index in [0.29, 0.717) is 6.61 Å². The molecule has 1 rings (SSSR count). The average Bonchev–Trinajstić information content (AvgIpc) is 2.54. The molecule has 1 saturated heterocycles. The zero-order valence-corrected chi connectivity index (χ0v) is 13.2.